The Morgan fingerprint density at radius 2 is 1.95 bits per heavy atom. The van der Waals surface area contributed by atoms with E-state index in [0.29, 0.717) is 11.6 Å². The van der Waals surface area contributed by atoms with Gasteiger partial charge in [-0.25, -0.2) is 4.98 Å². The predicted molar refractivity (Wildman–Crippen MR) is 82.0 cm³/mol. The van der Waals surface area contributed by atoms with Crippen LogP contribution in [0.4, 0.5) is 5.82 Å². The number of benzene rings is 1. The Labute approximate surface area is 126 Å². The summed E-state index contributed by atoms with van der Waals surface area (Å²) in [5.41, 5.74) is 2.21. The van der Waals surface area contributed by atoms with Crippen molar-refractivity contribution < 1.29 is 9.53 Å². The van der Waals surface area contributed by atoms with Gasteiger partial charge in [0, 0.05) is 10.7 Å². The molecule has 0 spiro atoms. The molecule has 1 aromatic heterocycles. The lowest BCUT2D eigenvalue weighted by Gasteiger charge is -2.08. The van der Waals surface area contributed by atoms with Gasteiger partial charge in [-0.05, 0) is 65.2 Å². The summed E-state index contributed by atoms with van der Waals surface area (Å²) in [4.78, 5) is 15.8. The van der Waals surface area contributed by atoms with E-state index in [-0.39, 0.29) is 12.5 Å². The van der Waals surface area contributed by atoms with Crippen LogP contribution in [0.3, 0.4) is 0 Å². The number of aryl methyl sites for hydroxylation is 2. The summed E-state index contributed by atoms with van der Waals surface area (Å²) in [5, 5.41) is 2.67. The molecule has 0 unspecified atom stereocenters. The number of hydrogen-bond donors (Lipinski definition) is 1. The minimum Gasteiger partial charge on any atom is -0.484 e. The first-order valence-electron chi connectivity index (χ1n) is 6.15. The van der Waals surface area contributed by atoms with E-state index in [1.54, 1.807) is 12.3 Å². The number of ether oxygens (including phenoxy) is 1. The third kappa shape index (κ3) is 4.35. The largest absolute Gasteiger partial charge is 0.484 e. The summed E-state index contributed by atoms with van der Waals surface area (Å²) in [6.07, 6.45) is 1.63. The van der Waals surface area contributed by atoms with Crippen LogP contribution >= 0.6 is 15.9 Å². The lowest BCUT2D eigenvalue weighted by atomic mass is 10.1. The number of rotatable bonds is 4. The van der Waals surface area contributed by atoms with Crippen molar-refractivity contribution >= 4 is 27.7 Å². The number of hydrogen-bond acceptors (Lipinski definition) is 3. The van der Waals surface area contributed by atoms with Gasteiger partial charge in [0.15, 0.2) is 6.61 Å². The lowest BCUT2D eigenvalue weighted by Crippen LogP contribution is -2.20. The van der Waals surface area contributed by atoms with Crippen molar-refractivity contribution in [1.29, 1.82) is 0 Å². The molecule has 0 atom stereocenters. The molecule has 0 bridgehead atoms. The molecular formula is C15H15BrN2O2. The average Bonchev–Trinajstić information content (AvgIpc) is 2.38. The molecule has 1 amide bonds. The molecule has 0 saturated carbocycles. The minimum absolute atomic E-state index is 0.0410. The topological polar surface area (TPSA) is 51.2 Å². The summed E-state index contributed by atoms with van der Waals surface area (Å²) in [6.45, 7) is 3.94. The van der Waals surface area contributed by atoms with Crippen LogP contribution in [0.5, 0.6) is 5.75 Å². The fourth-order valence-corrected chi connectivity index (χ4v) is 2.03. The molecule has 0 aliphatic carbocycles. The molecule has 2 rings (SSSR count). The second kappa shape index (κ2) is 6.52. The Bertz CT molecular complexity index is 592. The Morgan fingerprint density at radius 1 is 1.25 bits per heavy atom. The van der Waals surface area contributed by atoms with Gasteiger partial charge < -0.3 is 10.1 Å². The van der Waals surface area contributed by atoms with Crippen molar-refractivity contribution in [3.8, 4) is 5.75 Å². The van der Waals surface area contributed by atoms with Crippen molar-refractivity contribution in [2.75, 3.05) is 11.9 Å². The molecule has 104 valence electrons. The van der Waals surface area contributed by atoms with E-state index in [9.17, 15) is 4.79 Å². The average molecular weight is 335 g/mol. The number of carbonyl (C=O) groups is 1. The van der Waals surface area contributed by atoms with E-state index in [4.69, 9.17) is 4.74 Å². The fourth-order valence-electron chi connectivity index (χ4n) is 1.79. The van der Waals surface area contributed by atoms with Gasteiger partial charge in [-0.3, -0.25) is 4.79 Å². The molecule has 0 aliphatic heterocycles. The van der Waals surface area contributed by atoms with E-state index in [1.807, 2.05) is 32.0 Å². The van der Waals surface area contributed by atoms with Gasteiger partial charge in [0.2, 0.25) is 0 Å². The first-order valence-corrected chi connectivity index (χ1v) is 6.95. The van der Waals surface area contributed by atoms with Gasteiger partial charge in [0.25, 0.3) is 5.91 Å². The van der Waals surface area contributed by atoms with Gasteiger partial charge in [-0.1, -0.05) is 6.07 Å². The summed E-state index contributed by atoms with van der Waals surface area (Å²) in [6, 6.07) is 9.39. The third-order valence-electron chi connectivity index (χ3n) is 2.56. The van der Waals surface area contributed by atoms with Crippen LogP contribution in [0.25, 0.3) is 0 Å². The van der Waals surface area contributed by atoms with Gasteiger partial charge in [-0.2, -0.15) is 0 Å². The standard InChI is InChI=1S/C15H15BrN2O2/c1-10-5-11(2)7-13(6-10)20-9-15(19)18-14-4-3-12(16)8-17-14/h3-8H,9H2,1-2H3,(H,17,18,19). The van der Waals surface area contributed by atoms with Gasteiger partial charge >= 0.3 is 0 Å². The zero-order valence-corrected chi connectivity index (χ0v) is 12.9. The van der Waals surface area contributed by atoms with Crippen LogP contribution in [0.15, 0.2) is 41.0 Å². The van der Waals surface area contributed by atoms with Gasteiger partial charge in [0.05, 0.1) is 0 Å². The Hall–Kier alpha value is -1.88. The molecule has 0 radical (unpaired) electrons. The highest BCUT2D eigenvalue weighted by atomic mass is 79.9. The second-order valence-corrected chi connectivity index (χ2v) is 5.44. The van der Waals surface area contributed by atoms with Gasteiger partial charge in [0.1, 0.15) is 11.6 Å². The van der Waals surface area contributed by atoms with Crippen molar-refractivity contribution in [3.63, 3.8) is 0 Å². The van der Waals surface area contributed by atoms with E-state index in [0.717, 1.165) is 15.6 Å². The van der Waals surface area contributed by atoms with Crippen molar-refractivity contribution in [2.24, 2.45) is 0 Å². The van der Waals surface area contributed by atoms with Crippen LogP contribution in [0.2, 0.25) is 0 Å². The van der Waals surface area contributed by atoms with Crippen LogP contribution in [0.1, 0.15) is 11.1 Å². The Morgan fingerprint density at radius 3 is 2.55 bits per heavy atom. The van der Waals surface area contributed by atoms with E-state index < -0.39 is 0 Å². The van der Waals surface area contributed by atoms with Crippen molar-refractivity contribution in [1.82, 2.24) is 4.98 Å². The SMILES string of the molecule is Cc1cc(C)cc(OCC(=O)Nc2ccc(Br)cn2)c1. The number of halogens is 1. The highest BCUT2D eigenvalue weighted by Gasteiger charge is 2.05. The number of carbonyl (C=O) groups excluding carboxylic acids is 1. The highest BCUT2D eigenvalue weighted by Crippen LogP contribution is 2.16. The second-order valence-electron chi connectivity index (χ2n) is 4.52. The number of nitrogens with one attached hydrogen (secondary N) is 1. The zero-order chi connectivity index (χ0) is 14.5. The highest BCUT2D eigenvalue weighted by molar-refractivity contribution is 9.10. The van der Waals surface area contributed by atoms with Crippen LogP contribution in [-0.2, 0) is 4.79 Å². The molecule has 1 N–H and O–H groups in total. The number of pyridine rings is 1. The quantitative estimate of drug-likeness (QED) is 0.931. The van der Waals surface area contributed by atoms with Crippen LogP contribution in [-0.4, -0.2) is 17.5 Å². The smallest absolute Gasteiger partial charge is 0.263 e. The molecule has 20 heavy (non-hydrogen) atoms. The third-order valence-corrected chi connectivity index (χ3v) is 3.03. The Kier molecular flexibility index (Phi) is 4.74. The number of aromatic nitrogens is 1. The van der Waals surface area contributed by atoms with Gasteiger partial charge in [-0.15, -0.1) is 0 Å². The first-order chi connectivity index (χ1) is 9.52. The van der Waals surface area contributed by atoms with Crippen molar-refractivity contribution in [3.05, 3.63) is 52.1 Å². The van der Waals surface area contributed by atoms with Crippen LogP contribution in [0, 0.1) is 13.8 Å². The summed E-state index contributed by atoms with van der Waals surface area (Å²) >= 11 is 3.29. The molecule has 0 saturated heterocycles. The number of nitrogens with zero attached hydrogens (tertiary/aromatic N) is 1. The molecule has 5 heteroatoms. The predicted octanol–water partition coefficient (Wildman–Crippen LogP) is 3.48. The van der Waals surface area contributed by atoms with E-state index in [2.05, 4.69) is 32.3 Å². The first kappa shape index (κ1) is 14.5. The molecule has 1 aromatic carbocycles. The van der Waals surface area contributed by atoms with Crippen LogP contribution < -0.4 is 10.1 Å². The molecular weight excluding hydrogens is 320 g/mol. The van der Waals surface area contributed by atoms with E-state index >= 15 is 0 Å². The van der Waals surface area contributed by atoms with Crippen molar-refractivity contribution in [2.45, 2.75) is 13.8 Å². The molecule has 2 aromatic rings. The maximum atomic E-state index is 11.8. The molecule has 4 nitrogen and oxygen atoms in total. The maximum Gasteiger partial charge on any atom is 0.263 e. The zero-order valence-electron chi connectivity index (χ0n) is 11.3. The monoisotopic (exact) mass is 334 g/mol. The Balaban J connectivity index is 1.90. The normalized spacial score (nSPS) is 10.2. The molecule has 1 heterocycles. The lowest BCUT2D eigenvalue weighted by molar-refractivity contribution is -0.118. The molecule has 0 fully saturated rings. The summed E-state index contributed by atoms with van der Waals surface area (Å²) < 4.78 is 6.34. The summed E-state index contributed by atoms with van der Waals surface area (Å²) in [7, 11) is 0. The number of amides is 1. The van der Waals surface area contributed by atoms with E-state index in [1.165, 1.54) is 0 Å². The minimum atomic E-state index is -0.237. The maximum absolute atomic E-state index is 11.8. The number of anilines is 1. The molecule has 0 aliphatic rings. The fraction of sp³-hybridized carbons (Fsp3) is 0.200. The summed E-state index contributed by atoms with van der Waals surface area (Å²) in [5.74, 6) is 0.961.